The maximum Gasteiger partial charge on any atom is 0.336 e. The number of methoxy groups -OCH3 is 1. The van der Waals surface area contributed by atoms with Crippen LogP contribution in [0, 0.1) is 0 Å². The Morgan fingerprint density at radius 2 is 2.25 bits per heavy atom. The van der Waals surface area contributed by atoms with E-state index >= 15 is 0 Å². The van der Waals surface area contributed by atoms with Gasteiger partial charge in [-0.1, -0.05) is 16.7 Å². The van der Waals surface area contributed by atoms with Crippen molar-refractivity contribution in [1.29, 1.82) is 0 Å². The molecule has 0 radical (unpaired) electrons. The Hall–Kier alpha value is -2.50. The summed E-state index contributed by atoms with van der Waals surface area (Å²) < 4.78 is 9.57. The number of rotatable bonds is 3. The largest absolute Gasteiger partial charge is 0.469 e. The molecule has 0 aliphatic rings. The molecule has 8 heteroatoms. The highest BCUT2D eigenvalue weighted by Crippen LogP contribution is 2.31. The lowest BCUT2D eigenvalue weighted by atomic mass is 10.1. The Labute approximate surface area is 117 Å². The van der Waals surface area contributed by atoms with Crippen molar-refractivity contribution in [1.82, 2.24) is 0 Å². The van der Waals surface area contributed by atoms with Crippen molar-refractivity contribution in [2.45, 2.75) is 6.42 Å². The van der Waals surface area contributed by atoms with Gasteiger partial charge in [-0.2, -0.15) is 0 Å². The third-order valence-corrected chi connectivity index (χ3v) is 2.92. The lowest BCUT2D eigenvalue weighted by molar-refractivity contribution is -0.139. The second-order valence-corrected chi connectivity index (χ2v) is 4.24. The quantitative estimate of drug-likeness (QED) is 0.285. The highest BCUT2D eigenvalue weighted by Gasteiger charge is 2.12. The average molecular weight is 294 g/mol. The minimum absolute atomic E-state index is 0.0875. The highest BCUT2D eigenvalue weighted by molar-refractivity contribution is 6.33. The first-order chi connectivity index (χ1) is 9.55. The van der Waals surface area contributed by atoms with Gasteiger partial charge in [0, 0.05) is 16.4 Å². The van der Waals surface area contributed by atoms with Crippen LogP contribution in [0.5, 0.6) is 0 Å². The van der Waals surface area contributed by atoms with E-state index < -0.39 is 11.6 Å². The molecule has 1 aromatic carbocycles. The topological polar surface area (TPSA) is 105 Å². The predicted octanol–water partition coefficient (Wildman–Crippen LogP) is 3.10. The highest BCUT2D eigenvalue weighted by atomic mass is 35.5. The molecule has 2 aromatic rings. The smallest absolute Gasteiger partial charge is 0.336 e. The number of fused-ring (bicyclic) bond motifs is 1. The fourth-order valence-electron chi connectivity index (χ4n) is 1.73. The van der Waals surface area contributed by atoms with Gasteiger partial charge in [0.2, 0.25) is 0 Å². The zero-order chi connectivity index (χ0) is 14.7. The number of esters is 1. The van der Waals surface area contributed by atoms with Crippen molar-refractivity contribution in [3.8, 4) is 0 Å². The molecular weight excluding hydrogens is 286 g/mol. The first-order valence-corrected chi connectivity index (χ1v) is 5.81. The maximum absolute atomic E-state index is 11.5. The third kappa shape index (κ3) is 2.74. The van der Waals surface area contributed by atoms with E-state index in [1.54, 1.807) is 0 Å². The standard InChI is InChI=1S/C12H8ClN3O4/c1-19-11(17)2-6-3-12(18)20-10-5-9(15-16-14)8(13)4-7(6)10/h3-5H,2H2,1H3. The van der Waals surface area contributed by atoms with Gasteiger partial charge in [0.1, 0.15) is 5.58 Å². The molecule has 102 valence electrons. The van der Waals surface area contributed by atoms with Crippen molar-refractivity contribution in [2.75, 3.05) is 7.11 Å². The molecule has 0 spiro atoms. The van der Waals surface area contributed by atoms with E-state index in [0.29, 0.717) is 10.9 Å². The zero-order valence-electron chi connectivity index (χ0n) is 10.3. The molecule has 20 heavy (non-hydrogen) atoms. The lowest BCUT2D eigenvalue weighted by Gasteiger charge is -2.06. The molecule has 2 rings (SSSR count). The van der Waals surface area contributed by atoms with Crippen LogP contribution < -0.4 is 5.63 Å². The molecular formula is C12H8ClN3O4. The molecule has 7 nitrogen and oxygen atoms in total. The van der Waals surface area contributed by atoms with Gasteiger partial charge in [-0.25, -0.2) is 4.79 Å². The number of hydrogen-bond acceptors (Lipinski definition) is 5. The predicted molar refractivity (Wildman–Crippen MR) is 72.0 cm³/mol. The summed E-state index contributed by atoms with van der Waals surface area (Å²) in [5.74, 6) is -0.493. The lowest BCUT2D eigenvalue weighted by Crippen LogP contribution is -2.08. The molecule has 0 N–H and O–H groups in total. The van der Waals surface area contributed by atoms with Gasteiger partial charge in [-0.15, -0.1) is 0 Å². The summed E-state index contributed by atoms with van der Waals surface area (Å²) in [7, 11) is 1.25. The number of ether oxygens (including phenoxy) is 1. The summed E-state index contributed by atoms with van der Waals surface area (Å²) in [5.41, 5.74) is 8.55. The number of hydrogen-bond donors (Lipinski definition) is 0. The summed E-state index contributed by atoms with van der Waals surface area (Å²) in [6, 6.07) is 4.02. The van der Waals surface area contributed by atoms with Crippen molar-refractivity contribution in [3.63, 3.8) is 0 Å². The molecule has 0 saturated heterocycles. The second kappa shape index (κ2) is 5.64. The Balaban J connectivity index is 2.70. The van der Waals surface area contributed by atoms with Crippen LogP contribution in [-0.4, -0.2) is 13.1 Å². The Bertz CT molecular complexity index is 793. The van der Waals surface area contributed by atoms with Crippen molar-refractivity contribution in [2.24, 2.45) is 5.11 Å². The zero-order valence-corrected chi connectivity index (χ0v) is 11.0. The van der Waals surface area contributed by atoms with Gasteiger partial charge in [-0.05, 0) is 23.2 Å². The summed E-state index contributed by atoms with van der Waals surface area (Å²) in [4.78, 5) is 25.4. The second-order valence-electron chi connectivity index (χ2n) is 3.83. The number of halogens is 1. The number of benzene rings is 1. The Morgan fingerprint density at radius 1 is 1.50 bits per heavy atom. The van der Waals surface area contributed by atoms with Crippen molar-refractivity contribution >= 4 is 34.2 Å². The first kappa shape index (κ1) is 13.9. The van der Waals surface area contributed by atoms with E-state index in [1.165, 1.54) is 25.3 Å². The summed E-state index contributed by atoms with van der Waals surface area (Å²) in [6.45, 7) is 0. The van der Waals surface area contributed by atoms with E-state index in [0.717, 1.165) is 0 Å². The van der Waals surface area contributed by atoms with Gasteiger partial charge in [0.05, 0.1) is 24.2 Å². The van der Waals surface area contributed by atoms with Crippen molar-refractivity contribution < 1.29 is 13.9 Å². The maximum atomic E-state index is 11.5. The van der Waals surface area contributed by atoms with E-state index in [4.69, 9.17) is 21.5 Å². The van der Waals surface area contributed by atoms with E-state index in [2.05, 4.69) is 14.8 Å². The molecule has 0 atom stereocenters. The molecule has 0 saturated carbocycles. The SMILES string of the molecule is COC(=O)Cc1cc(=O)oc2cc(N=[N+]=[N-])c(Cl)cc12. The molecule has 0 fully saturated rings. The van der Waals surface area contributed by atoms with Gasteiger partial charge in [-0.3, -0.25) is 4.79 Å². The van der Waals surface area contributed by atoms with Crippen LogP contribution in [0.25, 0.3) is 21.4 Å². The van der Waals surface area contributed by atoms with Gasteiger partial charge < -0.3 is 9.15 Å². The van der Waals surface area contributed by atoms with Crippen LogP contribution in [0.15, 0.2) is 32.5 Å². The molecule has 0 unspecified atom stereocenters. The molecule has 0 bridgehead atoms. The molecule has 1 heterocycles. The van der Waals surface area contributed by atoms with E-state index in [9.17, 15) is 9.59 Å². The third-order valence-electron chi connectivity index (χ3n) is 2.61. The summed E-state index contributed by atoms with van der Waals surface area (Å²) in [5, 5.41) is 4.06. The van der Waals surface area contributed by atoms with E-state index in [1.807, 2.05) is 0 Å². The molecule has 0 aliphatic carbocycles. The molecule has 1 aromatic heterocycles. The van der Waals surface area contributed by atoms with Crippen LogP contribution >= 0.6 is 11.6 Å². The Morgan fingerprint density at radius 3 is 2.90 bits per heavy atom. The average Bonchev–Trinajstić information content (AvgIpc) is 2.40. The minimum atomic E-state index is -0.620. The molecule has 0 aliphatic heterocycles. The van der Waals surface area contributed by atoms with Gasteiger partial charge in [0.15, 0.2) is 0 Å². The van der Waals surface area contributed by atoms with Crippen LogP contribution in [0.3, 0.4) is 0 Å². The number of nitrogens with zero attached hydrogens (tertiary/aromatic N) is 3. The number of carbonyl (C=O) groups excluding carboxylic acids is 1. The van der Waals surface area contributed by atoms with Crippen molar-refractivity contribution in [3.05, 3.63) is 49.6 Å². The normalized spacial score (nSPS) is 10.1. The fraction of sp³-hybridized carbons (Fsp3) is 0.167. The monoisotopic (exact) mass is 293 g/mol. The number of azide groups is 1. The molecule has 0 amide bonds. The fourth-order valence-corrected chi connectivity index (χ4v) is 1.94. The van der Waals surface area contributed by atoms with Crippen LogP contribution in [0.4, 0.5) is 5.69 Å². The van der Waals surface area contributed by atoms with Crippen LogP contribution in [-0.2, 0) is 16.0 Å². The number of carbonyl (C=O) groups is 1. The van der Waals surface area contributed by atoms with Crippen LogP contribution in [0.2, 0.25) is 5.02 Å². The minimum Gasteiger partial charge on any atom is -0.469 e. The van der Waals surface area contributed by atoms with Gasteiger partial charge >= 0.3 is 11.6 Å². The van der Waals surface area contributed by atoms with E-state index in [-0.39, 0.29) is 22.7 Å². The summed E-state index contributed by atoms with van der Waals surface area (Å²) >= 11 is 5.96. The first-order valence-electron chi connectivity index (χ1n) is 5.43. The van der Waals surface area contributed by atoms with Gasteiger partial charge in [0.25, 0.3) is 0 Å². The van der Waals surface area contributed by atoms with Crippen LogP contribution in [0.1, 0.15) is 5.56 Å². The summed E-state index contributed by atoms with van der Waals surface area (Å²) in [6.07, 6.45) is -0.0875. The Kier molecular flexibility index (Phi) is 3.93.